The van der Waals surface area contributed by atoms with Crippen LogP contribution in [-0.4, -0.2) is 19.6 Å². The summed E-state index contributed by atoms with van der Waals surface area (Å²) in [5.74, 6) is 0. The lowest BCUT2D eigenvalue weighted by Gasteiger charge is -2.24. The van der Waals surface area contributed by atoms with Crippen molar-refractivity contribution >= 4 is 0 Å². The predicted octanol–water partition coefficient (Wildman–Crippen LogP) is -1.13. The number of fused-ring (bicyclic) bond motifs is 1. The zero-order valence-electron chi connectivity index (χ0n) is 8.05. The average molecular weight is 178 g/mol. The Labute approximate surface area is 79.4 Å². The Kier molecular flexibility index (Phi) is 2.62. The van der Waals surface area contributed by atoms with E-state index in [1.165, 1.54) is 31.6 Å². The normalized spacial score (nSPS) is 21.2. The van der Waals surface area contributed by atoms with Crippen molar-refractivity contribution in [1.82, 2.24) is 0 Å². The lowest BCUT2D eigenvalue weighted by atomic mass is 10.0. The van der Waals surface area contributed by atoms with E-state index in [9.17, 15) is 0 Å². The first-order valence-electron chi connectivity index (χ1n) is 5.10. The van der Waals surface area contributed by atoms with Gasteiger partial charge >= 0.3 is 0 Å². The van der Waals surface area contributed by atoms with Crippen molar-refractivity contribution in [3.63, 3.8) is 0 Å². The number of nitrogens with one attached hydrogen (secondary N) is 1. The van der Waals surface area contributed by atoms with E-state index in [1.807, 2.05) is 0 Å². The molecule has 1 aliphatic heterocycles. The van der Waals surface area contributed by atoms with Crippen LogP contribution in [-0.2, 0) is 13.0 Å². The highest BCUT2D eigenvalue weighted by Crippen LogP contribution is 2.09. The number of quaternary nitrogens is 2. The molecule has 0 fully saturated rings. The Balaban J connectivity index is 2.11. The highest BCUT2D eigenvalue weighted by atomic mass is 15.1. The van der Waals surface area contributed by atoms with E-state index in [0.717, 1.165) is 6.54 Å². The van der Waals surface area contributed by atoms with Crippen molar-refractivity contribution in [2.75, 3.05) is 19.6 Å². The Bertz CT molecular complexity index is 283. The van der Waals surface area contributed by atoms with Crippen LogP contribution in [0.3, 0.4) is 0 Å². The van der Waals surface area contributed by atoms with Gasteiger partial charge in [0.1, 0.15) is 19.6 Å². The van der Waals surface area contributed by atoms with E-state index in [0.29, 0.717) is 0 Å². The highest BCUT2D eigenvalue weighted by molar-refractivity contribution is 5.27. The summed E-state index contributed by atoms with van der Waals surface area (Å²) in [4.78, 5) is 1.69. The van der Waals surface area contributed by atoms with Crippen molar-refractivity contribution in [1.29, 1.82) is 0 Å². The number of benzene rings is 1. The predicted molar refractivity (Wildman–Crippen MR) is 52.3 cm³/mol. The zero-order chi connectivity index (χ0) is 9.10. The monoisotopic (exact) mass is 178 g/mol. The van der Waals surface area contributed by atoms with Gasteiger partial charge in [0.25, 0.3) is 0 Å². The first-order valence-corrected chi connectivity index (χ1v) is 5.10. The molecule has 0 saturated carbocycles. The molecule has 0 bridgehead atoms. The van der Waals surface area contributed by atoms with Gasteiger partial charge in [0, 0.05) is 12.0 Å². The van der Waals surface area contributed by atoms with Crippen molar-refractivity contribution < 1.29 is 10.6 Å². The Morgan fingerprint density at radius 1 is 1.23 bits per heavy atom. The smallest absolute Gasteiger partial charge is 0.127 e. The average Bonchev–Trinajstić information content (AvgIpc) is 2.18. The highest BCUT2D eigenvalue weighted by Gasteiger charge is 2.17. The van der Waals surface area contributed by atoms with Gasteiger partial charge in [0.05, 0.1) is 6.54 Å². The third-order valence-corrected chi connectivity index (χ3v) is 2.84. The molecule has 70 valence electrons. The number of hydrogen-bond acceptors (Lipinski definition) is 0. The molecular weight excluding hydrogens is 160 g/mol. The minimum Gasteiger partial charge on any atom is -0.353 e. The Morgan fingerprint density at radius 3 is 2.77 bits per heavy atom. The van der Waals surface area contributed by atoms with Crippen LogP contribution in [0.5, 0.6) is 0 Å². The van der Waals surface area contributed by atoms with E-state index in [2.05, 4.69) is 30.0 Å². The maximum atomic E-state index is 3.91. The molecule has 2 heteroatoms. The molecule has 0 aliphatic carbocycles. The first-order chi connectivity index (χ1) is 6.40. The van der Waals surface area contributed by atoms with Crippen LogP contribution in [0.25, 0.3) is 0 Å². The van der Waals surface area contributed by atoms with E-state index in [4.69, 9.17) is 0 Å². The second kappa shape index (κ2) is 3.90. The molecule has 1 unspecified atom stereocenters. The van der Waals surface area contributed by atoms with Crippen LogP contribution in [0.4, 0.5) is 0 Å². The molecule has 0 amide bonds. The maximum absolute atomic E-state index is 3.91. The van der Waals surface area contributed by atoms with Crippen LogP contribution in [0.15, 0.2) is 24.3 Å². The fourth-order valence-corrected chi connectivity index (χ4v) is 2.11. The van der Waals surface area contributed by atoms with Crippen molar-refractivity contribution in [2.45, 2.75) is 13.0 Å². The first kappa shape index (κ1) is 8.73. The largest absolute Gasteiger partial charge is 0.353 e. The molecule has 0 radical (unpaired) electrons. The van der Waals surface area contributed by atoms with Gasteiger partial charge in [0.2, 0.25) is 0 Å². The van der Waals surface area contributed by atoms with E-state index in [1.54, 1.807) is 10.5 Å². The fourth-order valence-electron chi connectivity index (χ4n) is 2.11. The number of hydrogen-bond donors (Lipinski definition) is 2. The summed E-state index contributed by atoms with van der Waals surface area (Å²) in [6.07, 6.45) is 1.24. The van der Waals surface area contributed by atoms with Gasteiger partial charge < -0.3 is 10.6 Å². The molecule has 1 aromatic carbocycles. The molecule has 4 N–H and O–H groups in total. The summed E-state index contributed by atoms with van der Waals surface area (Å²) in [6.45, 7) is 4.75. The van der Waals surface area contributed by atoms with Crippen LogP contribution in [0.1, 0.15) is 11.1 Å². The van der Waals surface area contributed by atoms with E-state index < -0.39 is 0 Å². The molecule has 0 spiro atoms. The third-order valence-electron chi connectivity index (χ3n) is 2.84. The van der Waals surface area contributed by atoms with Crippen molar-refractivity contribution in [3.05, 3.63) is 35.4 Å². The topological polar surface area (TPSA) is 32.1 Å². The zero-order valence-corrected chi connectivity index (χ0v) is 8.05. The van der Waals surface area contributed by atoms with Crippen molar-refractivity contribution in [2.24, 2.45) is 0 Å². The lowest BCUT2D eigenvalue weighted by molar-refractivity contribution is -0.920. The molecule has 1 aliphatic rings. The maximum Gasteiger partial charge on any atom is 0.127 e. The van der Waals surface area contributed by atoms with Gasteiger partial charge in [-0.1, -0.05) is 24.3 Å². The number of rotatable bonds is 2. The summed E-state index contributed by atoms with van der Waals surface area (Å²) >= 11 is 0. The van der Waals surface area contributed by atoms with Gasteiger partial charge in [-0.05, 0) is 5.56 Å². The molecule has 0 saturated heterocycles. The minimum absolute atomic E-state index is 1.05. The minimum atomic E-state index is 1.05. The second-order valence-corrected chi connectivity index (χ2v) is 3.80. The van der Waals surface area contributed by atoms with Gasteiger partial charge in [0.15, 0.2) is 0 Å². The lowest BCUT2D eigenvalue weighted by Crippen LogP contribution is -3.13. The molecule has 2 nitrogen and oxygen atoms in total. The van der Waals surface area contributed by atoms with Crippen LogP contribution >= 0.6 is 0 Å². The molecule has 1 aromatic rings. The standard InChI is InChI=1S/C11H16N2/c12-6-8-13-7-5-10-3-1-2-4-11(10)9-13/h1-4H,5-9,12H2/p+2. The molecule has 1 atom stereocenters. The van der Waals surface area contributed by atoms with Gasteiger partial charge in [-0.25, -0.2) is 0 Å². The fraction of sp³-hybridized carbons (Fsp3) is 0.455. The van der Waals surface area contributed by atoms with Crippen molar-refractivity contribution in [3.8, 4) is 0 Å². The summed E-state index contributed by atoms with van der Waals surface area (Å²) in [5.41, 5.74) is 7.01. The van der Waals surface area contributed by atoms with Crippen LogP contribution in [0.2, 0.25) is 0 Å². The molecule has 1 heterocycles. The van der Waals surface area contributed by atoms with Gasteiger partial charge in [-0.15, -0.1) is 0 Å². The van der Waals surface area contributed by atoms with Gasteiger partial charge in [-0.2, -0.15) is 0 Å². The third kappa shape index (κ3) is 1.90. The summed E-state index contributed by atoms with van der Waals surface area (Å²) in [5, 5.41) is 0. The van der Waals surface area contributed by atoms with E-state index >= 15 is 0 Å². The Hall–Kier alpha value is -0.860. The quantitative estimate of drug-likeness (QED) is 0.574. The molecule has 0 aromatic heterocycles. The van der Waals surface area contributed by atoms with Gasteiger partial charge in [-0.3, -0.25) is 0 Å². The SMILES string of the molecule is [NH3+]CC[NH+]1CCc2ccccc2C1. The van der Waals surface area contributed by atoms with Crippen LogP contribution in [0, 0.1) is 0 Å². The molecule has 2 rings (SSSR count). The van der Waals surface area contributed by atoms with Crippen LogP contribution < -0.4 is 10.6 Å². The molecular formula is C11H18N2+2. The second-order valence-electron chi connectivity index (χ2n) is 3.80. The Morgan fingerprint density at radius 2 is 2.00 bits per heavy atom. The summed E-state index contributed by atoms with van der Waals surface area (Å²) < 4.78 is 0. The van der Waals surface area contributed by atoms with E-state index in [-0.39, 0.29) is 0 Å². The summed E-state index contributed by atoms with van der Waals surface area (Å²) in [6, 6.07) is 8.81. The molecule has 13 heavy (non-hydrogen) atoms. The summed E-state index contributed by atoms with van der Waals surface area (Å²) in [7, 11) is 0.